The Morgan fingerprint density at radius 3 is 2.74 bits per heavy atom. The van der Waals surface area contributed by atoms with Crippen molar-refractivity contribution in [2.24, 2.45) is 16.3 Å². The minimum absolute atomic E-state index is 0.0534. The van der Waals surface area contributed by atoms with Crippen LogP contribution in [-0.4, -0.2) is 17.0 Å². The second-order valence-corrected chi connectivity index (χ2v) is 5.82. The van der Waals surface area contributed by atoms with Gasteiger partial charge in [-0.2, -0.15) is 0 Å². The molecular weight excluding hydrogens is 334 g/mol. The van der Waals surface area contributed by atoms with Crippen molar-refractivity contribution >= 4 is 45.0 Å². The predicted molar refractivity (Wildman–Crippen MR) is 77.5 cm³/mol. The molecule has 1 saturated carbocycles. The van der Waals surface area contributed by atoms with Crippen molar-refractivity contribution in [3.05, 3.63) is 27.7 Å². The molecule has 0 heterocycles. The molecule has 0 saturated heterocycles. The van der Waals surface area contributed by atoms with Gasteiger partial charge in [-0.05, 0) is 31.0 Å². The summed E-state index contributed by atoms with van der Waals surface area (Å²) in [5.41, 5.74) is 5.21. The van der Waals surface area contributed by atoms with Crippen LogP contribution in [0.4, 0.5) is 5.69 Å². The van der Waals surface area contributed by atoms with Crippen LogP contribution in [0.3, 0.4) is 0 Å². The van der Waals surface area contributed by atoms with Crippen LogP contribution in [0.15, 0.2) is 27.8 Å². The summed E-state index contributed by atoms with van der Waals surface area (Å²) in [6.45, 7) is 0. The zero-order valence-corrected chi connectivity index (χ0v) is 12.3. The number of amidine groups is 1. The number of nitrogens with zero attached hydrogens (tertiary/aromatic N) is 1. The zero-order valence-electron chi connectivity index (χ0n) is 9.99. The zero-order chi connectivity index (χ0) is 14.0. The number of rotatable bonds is 3. The second kappa shape index (κ2) is 5.38. The molecular formula is C12H13BrClN3O2. The standard InChI is InChI=1S/C12H13BrClN3O2/c13-7-2-3-8(14)9(6-7)16-11(18)12(4-1-5-12)10(15)17-19/h2-3,6,19H,1,4-5H2,(H2,15,17)(H,16,18). The second-order valence-electron chi connectivity index (χ2n) is 4.50. The molecule has 1 aromatic rings. The number of hydrogen-bond donors (Lipinski definition) is 3. The van der Waals surface area contributed by atoms with Crippen LogP contribution < -0.4 is 11.1 Å². The lowest BCUT2D eigenvalue weighted by Crippen LogP contribution is -2.51. The molecule has 0 atom stereocenters. The molecule has 19 heavy (non-hydrogen) atoms. The van der Waals surface area contributed by atoms with E-state index in [1.807, 2.05) is 0 Å². The first-order valence-electron chi connectivity index (χ1n) is 5.74. The fourth-order valence-electron chi connectivity index (χ4n) is 2.06. The third kappa shape index (κ3) is 2.55. The van der Waals surface area contributed by atoms with Crippen molar-refractivity contribution in [3.63, 3.8) is 0 Å². The highest BCUT2D eigenvalue weighted by atomic mass is 79.9. The van der Waals surface area contributed by atoms with Gasteiger partial charge in [0.2, 0.25) is 5.91 Å². The average molecular weight is 347 g/mol. The molecule has 1 fully saturated rings. The number of benzene rings is 1. The van der Waals surface area contributed by atoms with E-state index in [0.717, 1.165) is 10.9 Å². The third-order valence-electron chi connectivity index (χ3n) is 3.42. The van der Waals surface area contributed by atoms with Gasteiger partial charge in [-0.1, -0.05) is 39.1 Å². The van der Waals surface area contributed by atoms with E-state index >= 15 is 0 Å². The molecule has 7 heteroatoms. The number of nitrogens with two attached hydrogens (primary N) is 1. The molecule has 2 rings (SSSR count). The maximum atomic E-state index is 12.3. The van der Waals surface area contributed by atoms with E-state index in [2.05, 4.69) is 26.4 Å². The molecule has 0 unspecified atom stereocenters. The number of halogens is 2. The van der Waals surface area contributed by atoms with Crippen molar-refractivity contribution in [1.29, 1.82) is 0 Å². The van der Waals surface area contributed by atoms with E-state index in [0.29, 0.717) is 23.6 Å². The molecule has 1 amide bonds. The van der Waals surface area contributed by atoms with Gasteiger partial charge in [0.1, 0.15) is 5.41 Å². The topological polar surface area (TPSA) is 87.7 Å². The van der Waals surface area contributed by atoms with Gasteiger partial charge in [-0.25, -0.2) is 0 Å². The Morgan fingerprint density at radius 1 is 1.53 bits per heavy atom. The average Bonchev–Trinajstić information content (AvgIpc) is 2.32. The fraction of sp³-hybridized carbons (Fsp3) is 0.333. The van der Waals surface area contributed by atoms with Gasteiger partial charge in [0.25, 0.3) is 0 Å². The van der Waals surface area contributed by atoms with Crippen LogP contribution in [0, 0.1) is 5.41 Å². The molecule has 4 N–H and O–H groups in total. The van der Waals surface area contributed by atoms with Crippen molar-refractivity contribution < 1.29 is 10.0 Å². The van der Waals surface area contributed by atoms with E-state index < -0.39 is 5.41 Å². The summed E-state index contributed by atoms with van der Waals surface area (Å²) >= 11 is 9.33. The highest BCUT2D eigenvalue weighted by Crippen LogP contribution is 2.42. The van der Waals surface area contributed by atoms with Crippen molar-refractivity contribution in [1.82, 2.24) is 0 Å². The van der Waals surface area contributed by atoms with Gasteiger partial charge in [0.15, 0.2) is 5.84 Å². The molecule has 0 bridgehead atoms. The summed E-state index contributed by atoms with van der Waals surface area (Å²) in [6.07, 6.45) is 2.01. The summed E-state index contributed by atoms with van der Waals surface area (Å²) in [5.74, 6) is -0.351. The smallest absolute Gasteiger partial charge is 0.238 e. The Kier molecular flexibility index (Phi) is 4.01. The van der Waals surface area contributed by atoms with Crippen LogP contribution in [0.2, 0.25) is 5.02 Å². The van der Waals surface area contributed by atoms with Gasteiger partial charge in [0, 0.05) is 4.47 Å². The maximum absolute atomic E-state index is 12.3. The highest BCUT2D eigenvalue weighted by molar-refractivity contribution is 9.10. The normalized spacial score (nSPS) is 17.7. The molecule has 102 valence electrons. The minimum Gasteiger partial charge on any atom is -0.409 e. The lowest BCUT2D eigenvalue weighted by Gasteiger charge is -2.38. The molecule has 1 aliphatic carbocycles. The van der Waals surface area contributed by atoms with Gasteiger partial charge in [-0.15, -0.1) is 0 Å². The number of oxime groups is 1. The molecule has 5 nitrogen and oxygen atoms in total. The van der Waals surface area contributed by atoms with Crippen molar-refractivity contribution in [3.8, 4) is 0 Å². The first kappa shape index (κ1) is 14.1. The molecule has 0 aromatic heterocycles. The first-order chi connectivity index (χ1) is 8.99. The number of hydrogen-bond acceptors (Lipinski definition) is 3. The minimum atomic E-state index is -0.916. The molecule has 0 aliphatic heterocycles. The summed E-state index contributed by atoms with van der Waals surface area (Å²) in [5, 5.41) is 14.9. The quantitative estimate of drug-likeness (QED) is 0.340. The Labute approximate surface area is 123 Å². The Hall–Kier alpha value is -1.27. The maximum Gasteiger partial charge on any atom is 0.238 e. The van der Waals surface area contributed by atoms with Gasteiger partial charge in [0.05, 0.1) is 10.7 Å². The largest absolute Gasteiger partial charge is 0.409 e. The van der Waals surface area contributed by atoms with Gasteiger partial charge < -0.3 is 16.3 Å². The van der Waals surface area contributed by atoms with Crippen LogP contribution in [0.25, 0.3) is 0 Å². The summed E-state index contributed by atoms with van der Waals surface area (Å²) < 4.78 is 0.804. The summed E-state index contributed by atoms with van der Waals surface area (Å²) in [7, 11) is 0. The SMILES string of the molecule is N/C(=N/O)C1(C(=O)Nc2cc(Br)ccc2Cl)CCC1. The van der Waals surface area contributed by atoms with E-state index in [1.54, 1.807) is 18.2 Å². The van der Waals surface area contributed by atoms with Crippen LogP contribution in [-0.2, 0) is 4.79 Å². The Balaban J connectivity index is 2.23. The fourth-order valence-corrected chi connectivity index (χ4v) is 2.59. The van der Waals surface area contributed by atoms with E-state index in [4.69, 9.17) is 22.5 Å². The lowest BCUT2D eigenvalue weighted by molar-refractivity contribution is -0.125. The molecule has 1 aromatic carbocycles. The molecule has 0 spiro atoms. The monoisotopic (exact) mass is 345 g/mol. The van der Waals surface area contributed by atoms with Gasteiger partial charge >= 0.3 is 0 Å². The number of carbonyl (C=O) groups is 1. The Morgan fingerprint density at radius 2 is 2.21 bits per heavy atom. The van der Waals surface area contributed by atoms with E-state index in [1.165, 1.54) is 0 Å². The van der Waals surface area contributed by atoms with Crippen molar-refractivity contribution in [2.45, 2.75) is 19.3 Å². The van der Waals surface area contributed by atoms with Crippen LogP contribution >= 0.6 is 27.5 Å². The number of carbonyl (C=O) groups excluding carboxylic acids is 1. The Bertz CT molecular complexity index is 544. The number of anilines is 1. The highest BCUT2D eigenvalue weighted by Gasteiger charge is 2.48. The van der Waals surface area contributed by atoms with Crippen molar-refractivity contribution in [2.75, 3.05) is 5.32 Å². The van der Waals surface area contributed by atoms with Crippen LogP contribution in [0.1, 0.15) is 19.3 Å². The van der Waals surface area contributed by atoms with Crippen LogP contribution in [0.5, 0.6) is 0 Å². The summed E-state index contributed by atoms with van der Waals surface area (Å²) in [4.78, 5) is 12.3. The predicted octanol–water partition coefficient (Wildman–Crippen LogP) is 2.96. The molecule has 0 radical (unpaired) electrons. The molecule has 1 aliphatic rings. The lowest BCUT2D eigenvalue weighted by atomic mass is 9.67. The third-order valence-corrected chi connectivity index (χ3v) is 4.24. The summed E-state index contributed by atoms with van der Waals surface area (Å²) in [6, 6.07) is 5.16. The van der Waals surface area contributed by atoms with E-state index in [9.17, 15) is 4.79 Å². The van der Waals surface area contributed by atoms with Gasteiger partial charge in [-0.3, -0.25) is 4.79 Å². The van der Waals surface area contributed by atoms with E-state index in [-0.39, 0.29) is 11.7 Å². The number of nitrogens with one attached hydrogen (secondary N) is 1. The first-order valence-corrected chi connectivity index (χ1v) is 6.91. The number of amides is 1.